The predicted molar refractivity (Wildman–Crippen MR) is 109 cm³/mol. The summed E-state index contributed by atoms with van der Waals surface area (Å²) in [5.74, 6) is 0.467. The third kappa shape index (κ3) is 4.12. The van der Waals surface area contributed by atoms with E-state index < -0.39 is 0 Å². The first kappa shape index (κ1) is 18.3. The minimum atomic E-state index is -0.361. The summed E-state index contributed by atoms with van der Waals surface area (Å²) in [5.41, 5.74) is 4.84. The van der Waals surface area contributed by atoms with Gasteiger partial charge in [0.25, 0.3) is 0 Å². The number of pyridine rings is 2. The molecular formula is C22H18N6O. The Balaban J connectivity index is 1.68. The van der Waals surface area contributed by atoms with Crippen LogP contribution in [0.4, 0.5) is 0 Å². The fourth-order valence-electron chi connectivity index (χ4n) is 3.25. The molecule has 3 heterocycles. The predicted octanol–water partition coefficient (Wildman–Crippen LogP) is 3.31. The molecule has 4 aromatic rings. The molecule has 0 saturated heterocycles. The highest BCUT2D eigenvalue weighted by atomic mass is 16.1. The summed E-state index contributed by atoms with van der Waals surface area (Å²) in [6.07, 6.45) is 5.75. The molecule has 0 aliphatic carbocycles. The van der Waals surface area contributed by atoms with Gasteiger partial charge in [-0.25, -0.2) is 9.97 Å². The van der Waals surface area contributed by atoms with Crippen LogP contribution in [0, 0.1) is 11.3 Å². The van der Waals surface area contributed by atoms with Crippen molar-refractivity contribution in [2.24, 2.45) is 0 Å². The van der Waals surface area contributed by atoms with Crippen LogP contribution in [-0.4, -0.2) is 25.8 Å². The monoisotopic (exact) mass is 382 g/mol. The smallest absolute Gasteiger partial charge is 0.217 e. The van der Waals surface area contributed by atoms with Gasteiger partial charge in [0.1, 0.15) is 11.3 Å². The van der Waals surface area contributed by atoms with E-state index in [1.807, 2.05) is 36.4 Å². The van der Waals surface area contributed by atoms with Crippen molar-refractivity contribution in [1.29, 1.82) is 5.26 Å². The number of aromatic nitrogens is 4. The molecule has 0 bridgehead atoms. The number of hydrogen-bond donors (Lipinski definition) is 2. The van der Waals surface area contributed by atoms with Crippen LogP contribution in [0.15, 0.2) is 61.1 Å². The Morgan fingerprint density at radius 3 is 2.79 bits per heavy atom. The molecule has 0 saturated carbocycles. The number of amides is 1. The quantitative estimate of drug-likeness (QED) is 0.551. The minimum Gasteiger partial charge on any atom is -0.346 e. The van der Waals surface area contributed by atoms with Crippen molar-refractivity contribution in [2.75, 3.05) is 0 Å². The van der Waals surface area contributed by atoms with Crippen LogP contribution < -0.4 is 5.32 Å². The van der Waals surface area contributed by atoms with Gasteiger partial charge in [-0.05, 0) is 47.9 Å². The van der Waals surface area contributed by atoms with Gasteiger partial charge in [-0.1, -0.05) is 12.1 Å². The van der Waals surface area contributed by atoms with Crippen LogP contribution in [0.25, 0.3) is 22.3 Å². The summed E-state index contributed by atoms with van der Waals surface area (Å²) in [7, 11) is 0. The van der Waals surface area contributed by atoms with Crippen molar-refractivity contribution < 1.29 is 4.79 Å². The molecule has 1 aromatic carbocycles. The van der Waals surface area contributed by atoms with Gasteiger partial charge >= 0.3 is 0 Å². The van der Waals surface area contributed by atoms with Gasteiger partial charge in [0, 0.05) is 31.1 Å². The average molecular weight is 382 g/mol. The molecule has 4 rings (SSSR count). The summed E-state index contributed by atoms with van der Waals surface area (Å²) in [5, 5.41) is 12.1. The summed E-state index contributed by atoms with van der Waals surface area (Å²) in [6, 6.07) is 14.9. The number of hydrogen-bond acceptors (Lipinski definition) is 5. The van der Waals surface area contributed by atoms with E-state index in [9.17, 15) is 4.79 Å². The van der Waals surface area contributed by atoms with E-state index >= 15 is 0 Å². The molecule has 29 heavy (non-hydrogen) atoms. The Morgan fingerprint density at radius 1 is 1.21 bits per heavy atom. The number of carbonyl (C=O) groups excluding carboxylic acids is 1. The first-order valence-electron chi connectivity index (χ1n) is 9.14. The zero-order valence-corrected chi connectivity index (χ0v) is 15.8. The van der Waals surface area contributed by atoms with Gasteiger partial charge in [-0.15, -0.1) is 0 Å². The molecule has 1 amide bonds. The maximum Gasteiger partial charge on any atom is 0.217 e. The van der Waals surface area contributed by atoms with Crippen molar-refractivity contribution in [2.45, 2.75) is 19.4 Å². The topological polar surface area (TPSA) is 107 Å². The van der Waals surface area contributed by atoms with Gasteiger partial charge < -0.3 is 10.3 Å². The molecule has 0 fully saturated rings. The number of rotatable bonds is 5. The highest BCUT2D eigenvalue weighted by molar-refractivity contribution is 5.78. The van der Waals surface area contributed by atoms with Crippen LogP contribution in [-0.2, 0) is 11.2 Å². The van der Waals surface area contributed by atoms with Crippen molar-refractivity contribution in [3.63, 3.8) is 0 Å². The standard InChI is InChI=1S/C22H18N6O/c1-14(29)26-19(10-15-3-2-4-16(9-15)12-23)22-27-20-11-18(13-25-21(20)28-22)17-5-7-24-8-6-17/h2-9,11,13,19H,10H2,1H3,(H,26,29)(H,25,27,28). The lowest BCUT2D eigenvalue weighted by atomic mass is 10.0. The second-order valence-corrected chi connectivity index (χ2v) is 6.72. The summed E-state index contributed by atoms with van der Waals surface area (Å²) < 4.78 is 0. The van der Waals surface area contributed by atoms with Crippen molar-refractivity contribution >= 4 is 17.1 Å². The molecule has 0 radical (unpaired) electrons. The fourth-order valence-corrected chi connectivity index (χ4v) is 3.25. The highest BCUT2D eigenvalue weighted by Crippen LogP contribution is 2.24. The van der Waals surface area contributed by atoms with Crippen molar-refractivity contribution in [3.8, 4) is 17.2 Å². The molecule has 0 aliphatic heterocycles. The van der Waals surface area contributed by atoms with Crippen LogP contribution in [0.2, 0.25) is 0 Å². The molecule has 142 valence electrons. The van der Waals surface area contributed by atoms with Gasteiger partial charge in [-0.2, -0.15) is 5.26 Å². The maximum atomic E-state index is 11.8. The Bertz CT molecular complexity index is 1210. The molecule has 0 spiro atoms. The first-order chi connectivity index (χ1) is 14.1. The number of fused-ring (bicyclic) bond motifs is 1. The second kappa shape index (κ2) is 7.90. The van der Waals surface area contributed by atoms with E-state index in [0.717, 1.165) is 22.2 Å². The minimum absolute atomic E-state index is 0.155. The largest absolute Gasteiger partial charge is 0.346 e. The van der Waals surface area contributed by atoms with E-state index in [1.54, 1.807) is 24.7 Å². The Morgan fingerprint density at radius 2 is 2.03 bits per heavy atom. The lowest BCUT2D eigenvalue weighted by Gasteiger charge is -2.15. The molecule has 7 heteroatoms. The zero-order chi connectivity index (χ0) is 20.2. The second-order valence-electron chi connectivity index (χ2n) is 6.72. The summed E-state index contributed by atoms with van der Waals surface area (Å²) in [4.78, 5) is 28.2. The SMILES string of the molecule is CC(=O)NC(Cc1cccc(C#N)c1)c1nc2cc(-c3ccncc3)cnc2[nH]1. The fraction of sp³-hybridized carbons (Fsp3) is 0.136. The van der Waals surface area contributed by atoms with Gasteiger partial charge in [0.15, 0.2) is 5.65 Å². The third-order valence-electron chi connectivity index (χ3n) is 4.57. The number of nitriles is 1. The molecule has 3 aromatic heterocycles. The van der Waals surface area contributed by atoms with E-state index in [1.165, 1.54) is 6.92 Å². The average Bonchev–Trinajstić information content (AvgIpc) is 3.17. The molecular weight excluding hydrogens is 364 g/mol. The Hall–Kier alpha value is -4.05. The van der Waals surface area contributed by atoms with Gasteiger partial charge in [0.2, 0.25) is 5.91 Å². The lowest BCUT2D eigenvalue weighted by molar-refractivity contribution is -0.119. The van der Waals surface area contributed by atoms with Crippen molar-refractivity contribution in [1.82, 2.24) is 25.3 Å². The summed E-state index contributed by atoms with van der Waals surface area (Å²) in [6.45, 7) is 1.47. The first-order valence-corrected chi connectivity index (χ1v) is 9.14. The van der Waals surface area contributed by atoms with Crippen LogP contribution in [0.3, 0.4) is 0 Å². The van der Waals surface area contributed by atoms with Crippen LogP contribution >= 0.6 is 0 Å². The number of carbonyl (C=O) groups is 1. The maximum absolute atomic E-state index is 11.8. The van der Waals surface area contributed by atoms with Gasteiger partial charge in [0.05, 0.1) is 17.7 Å². The molecule has 1 unspecified atom stereocenters. The number of benzene rings is 1. The highest BCUT2D eigenvalue weighted by Gasteiger charge is 2.18. The summed E-state index contributed by atoms with van der Waals surface area (Å²) >= 11 is 0. The Labute approximate surface area is 167 Å². The molecule has 2 N–H and O–H groups in total. The molecule has 7 nitrogen and oxygen atoms in total. The Kier molecular flexibility index (Phi) is 4.99. The zero-order valence-electron chi connectivity index (χ0n) is 15.8. The lowest BCUT2D eigenvalue weighted by Crippen LogP contribution is -2.28. The number of nitrogens with zero attached hydrogens (tertiary/aromatic N) is 4. The van der Waals surface area contributed by atoms with E-state index in [4.69, 9.17) is 5.26 Å². The van der Waals surface area contributed by atoms with Gasteiger partial charge in [-0.3, -0.25) is 9.78 Å². The molecule has 1 atom stereocenters. The van der Waals surface area contributed by atoms with Crippen molar-refractivity contribution in [3.05, 3.63) is 78.0 Å². The normalized spacial score (nSPS) is 11.7. The molecule has 0 aliphatic rings. The number of H-pyrrole nitrogens is 1. The third-order valence-corrected chi connectivity index (χ3v) is 4.57. The van der Waals surface area contributed by atoms with Crippen LogP contribution in [0.1, 0.15) is 29.9 Å². The number of aromatic amines is 1. The van der Waals surface area contributed by atoms with E-state index in [2.05, 4.69) is 31.3 Å². The number of imidazole rings is 1. The van der Waals surface area contributed by atoms with E-state index in [-0.39, 0.29) is 11.9 Å². The van der Waals surface area contributed by atoms with E-state index in [0.29, 0.717) is 23.5 Å². The van der Waals surface area contributed by atoms with Crippen LogP contribution in [0.5, 0.6) is 0 Å². The number of nitrogens with one attached hydrogen (secondary N) is 2.